The molecule has 0 aliphatic carbocycles. The lowest BCUT2D eigenvalue weighted by atomic mass is 10.1. The maximum atomic E-state index is 8.12. The van der Waals surface area contributed by atoms with E-state index in [0.717, 1.165) is 18.7 Å². The van der Waals surface area contributed by atoms with Crippen LogP contribution in [0, 0.1) is 5.41 Å². The highest BCUT2D eigenvalue weighted by Gasteiger charge is 2.23. The number of hydrogen-bond acceptors (Lipinski definition) is 2. The summed E-state index contributed by atoms with van der Waals surface area (Å²) in [4.78, 5) is 2.12. The van der Waals surface area contributed by atoms with Gasteiger partial charge in [0.05, 0.1) is 0 Å². The zero-order valence-corrected chi connectivity index (χ0v) is 9.63. The average Bonchev–Trinajstić information content (AvgIpc) is 2.90. The second-order valence-electron chi connectivity index (χ2n) is 3.99. The molecule has 1 aromatic carbocycles. The molecule has 1 aromatic heterocycles. The van der Waals surface area contributed by atoms with E-state index in [4.69, 9.17) is 5.41 Å². The summed E-state index contributed by atoms with van der Waals surface area (Å²) in [5.74, 6) is 0.654. The standard InChI is InChI=1S/C13H12N2S/c14-13-12-4-2-1-3-11(12)8-15(13)7-10-5-6-16-9-10/h1-6,9,14H,7-8H2. The first-order valence-corrected chi connectivity index (χ1v) is 6.22. The van der Waals surface area contributed by atoms with Gasteiger partial charge in [-0.1, -0.05) is 24.3 Å². The molecule has 2 aromatic rings. The third-order valence-corrected chi connectivity index (χ3v) is 3.64. The summed E-state index contributed by atoms with van der Waals surface area (Å²) < 4.78 is 0. The molecule has 2 nitrogen and oxygen atoms in total. The van der Waals surface area contributed by atoms with Crippen molar-refractivity contribution in [2.45, 2.75) is 13.1 Å². The summed E-state index contributed by atoms with van der Waals surface area (Å²) >= 11 is 1.71. The first-order chi connectivity index (χ1) is 7.84. The topological polar surface area (TPSA) is 27.1 Å². The van der Waals surface area contributed by atoms with Crippen LogP contribution < -0.4 is 0 Å². The molecule has 0 unspecified atom stereocenters. The van der Waals surface area contributed by atoms with Crippen LogP contribution in [0.15, 0.2) is 41.1 Å². The van der Waals surface area contributed by atoms with E-state index in [1.54, 1.807) is 11.3 Å². The van der Waals surface area contributed by atoms with Gasteiger partial charge in [0.1, 0.15) is 5.84 Å². The number of hydrogen-bond donors (Lipinski definition) is 1. The Kier molecular flexibility index (Phi) is 2.26. The van der Waals surface area contributed by atoms with Crippen LogP contribution in [-0.2, 0) is 13.1 Å². The first kappa shape index (κ1) is 9.60. The SMILES string of the molecule is N=C1c2ccccc2CN1Cc1ccsc1. The monoisotopic (exact) mass is 228 g/mol. The van der Waals surface area contributed by atoms with E-state index in [2.05, 4.69) is 27.8 Å². The third-order valence-electron chi connectivity index (χ3n) is 2.90. The molecule has 16 heavy (non-hydrogen) atoms. The normalized spacial score (nSPS) is 14.2. The quantitative estimate of drug-likeness (QED) is 0.840. The van der Waals surface area contributed by atoms with Crippen molar-refractivity contribution in [3.05, 3.63) is 57.8 Å². The predicted octanol–water partition coefficient (Wildman–Crippen LogP) is 3.09. The second-order valence-corrected chi connectivity index (χ2v) is 4.77. The number of rotatable bonds is 2. The van der Waals surface area contributed by atoms with Gasteiger partial charge < -0.3 is 4.90 Å². The minimum atomic E-state index is 0.654. The molecule has 0 amide bonds. The van der Waals surface area contributed by atoms with Gasteiger partial charge in [-0.05, 0) is 28.0 Å². The molecule has 0 saturated carbocycles. The highest BCUT2D eigenvalue weighted by molar-refractivity contribution is 7.07. The minimum Gasteiger partial charge on any atom is -0.348 e. The first-order valence-electron chi connectivity index (χ1n) is 5.27. The summed E-state index contributed by atoms with van der Waals surface area (Å²) in [5, 5.41) is 12.4. The number of thiophene rings is 1. The third kappa shape index (κ3) is 1.53. The van der Waals surface area contributed by atoms with Gasteiger partial charge in [-0.3, -0.25) is 5.41 Å². The van der Waals surface area contributed by atoms with Gasteiger partial charge in [-0.15, -0.1) is 0 Å². The van der Waals surface area contributed by atoms with Gasteiger partial charge in [0.15, 0.2) is 0 Å². The van der Waals surface area contributed by atoms with Gasteiger partial charge in [0.25, 0.3) is 0 Å². The van der Waals surface area contributed by atoms with Crippen molar-refractivity contribution in [1.82, 2.24) is 4.90 Å². The van der Waals surface area contributed by atoms with Crippen LogP contribution in [0.3, 0.4) is 0 Å². The second kappa shape index (κ2) is 3.76. The molecular formula is C13H12N2S. The van der Waals surface area contributed by atoms with Crippen molar-refractivity contribution in [1.29, 1.82) is 5.41 Å². The molecule has 3 rings (SSSR count). The van der Waals surface area contributed by atoms with Crippen LogP contribution in [0.1, 0.15) is 16.7 Å². The van der Waals surface area contributed by atoms with E-state index in [-0.39, 0.29) is 0 Å². The number of benzene rings is 1. The maximum absolute atomic E-state index is 8.12. The predicted molar refractivity (Wildman–Crippen MR) is 66.8 cm³/mol. The van der Waals surface area contributed by atoms with Crippen molar-refractivity contribution in [2.24, 2.45) is 0 Å². The zero-order valence-electron chi connectivity index (χ0n) is 8.81. The molecule has 80 valence electrons. The Bertz CT molecular complexity index is 514. The van der Waals surface area contributed by atoms with Gasteiger partial charge in [0.2, 0.25) is 0 Å². The zero-order chi connectivity index (χ0) is 11.0. The summed E-state index contributed by atoms with van der Waals surface area (Å²) in [6.45, 7) is 1.71. The van der Waals surface area contributed by atoms with Gasteiger partial charge in [-0.25, -0.2) is 0 Å². The van der Waals surface area contributed by atoms with E-state index in [0.29, 0.717) is 5.84 Å². The van der Waals surface area contributed by atoms with Crippen LogP contribution in [0.4, 0.5) is 0 Å². The van der Waals surface area contributed by atoms with Crippen molar-refractivity contribution in [3.8, 4) is 0 Å². The molecule has 0 radical (unpaired) electrons. The molecule has 1 aliphatic heterocycles. The van der Waals surface area contributed by atoms with Crippen LogP contribution in [0.2, 0.25) is 0 Å². The Morgan fingerprint density at radius 1 is 1.25 bits per heavy atom. The lowest BCUT2D eigenvalue weighted by molar-refractivity contribution is 0.423. The fraction of sp³-hybridized carbons (Fsp3) is 0.154. The molecule has 3 heteroatoms. The molecular weight excluding hydrogens is 216 g/mol. The van der Waals surface area contributed by atoms with Crippen molar-refractivity contribution < 1.29 is 0 Å². The molecule has 1 aliphatic rings. The molecule has 0 saturated heterocycles. The highest BCUT2D eigenvalue weighted by atomic mass is 32.1. The highest BCUT2D eigenvalue weighted by Crippen LogP contribution is 2.24. The largest absolute Gasteiger partial charge is 0.348 e. The summed E-state index contributed by atoms with van der Waals surface area (Å²) in [6, 6.07) is 10.3. The summed E-state index contributed by atoms with van der Waals surface area (Å²) in [6.07, 6.45) is 0. The van der Waals surface area contributed by atoms with Crippen LogP contribution in [0.25, 0.3) is 0 Å². The minimum absolute atomic E-state index is 0.654. The Labute approximate surface area is 98.7 Å². The van der Waals surface area contributed by atoms with Crippen LogP contribution in [-0.4, -0.2) is 10.7 Å². The van der Waals surface area contributed by atoms with E-state index in [1.165, 1.54) is 11.1 Å². The molecule has 0 atom stereocenters. The Balaban J connectivity index is 1.85. The lowest BCUT2D eigenvalue weighted by Gasteiger charge is -2.16. The molecule has 0 spiro atoms. The fourth-order valence-corrected chi connectivity index (χ4v) is 2.74. The Morgan fingerprint density at radius 2 is 2.12 bits per heavy atom. The summed E-state index contributed by atoms with van der Waals surface area (Å²) in [5.41, 5.74) is 3.64. The number of nitrogens with zero attached hydrogens (tertiary/aromatic N) is 1. The number of nitrogens with one attached hydrogen (secondary N) is 1. The average molecular weight is 228 g/mol. The van der Waals surface area contributed by atoms with Crippen LogP contribution in [0.5, 0.6) is 0 Å². The van der Waals surface area contributed by atoms with Gasteiger partial charge >= 0.3 is 0 Å². The van der Waals surface area contributed by atoms with Crippen molar-refractivity contribution in [3.63, 3.8) is 0 Å². The lowest BCUT2D eigenvalue weighted by Crippen LogP contribution is -2.22. The number of amidine groups is 1. The van der Waals surface area contributed by atoms with Crippen molar-refractivity contribution >= 4 is 17.2 Å². The van der Waals surface area contributed by atoms with E-state index in [9.17, 15) is 0 Å². The molecule has 1 N–H and O–H groups in total. The maximum Gasteiger partial charge on any atom is 0.129 e. The van der Waals surface area contributed by atoms with E-state index in [1.807, 2.05) is 18.2 Å². The Hall–Kier alpha value is -1.61. The van der Waals surface area contributed by atoms with Gasteiger partial charge in [-0.2, -0.15) is 11.3 Å². The smallest absolute Gasteiger partial charge is 0.129 e. The molecule has 2 heterocycles. The molecule has 0 fully saturated rings. The van der Waals surface area contributed by atoms with Crippen molar-refractivity contribution in [2.75, 3.05) is 0 Å². The van der Waals surface area contributed by atoms with E-state index < -0.39 is 0 Å². The summed E-state index contributed by atoms with van der Waals surface area (Å²) in [7, 11) is 0. The Morgan fingerprint density at radius 3 is 2.88 bits per heavy atom. The molecule has 0 bridgehead atoms. The number of fused-ring (bicyclic) bond motifs is 1. The van der Waals surface area contributed by atoms with Gasteiger partial charge in [0, 0.05) is 18.7 Å². The fourth-order valence-electron chi connectivity index (χ4n) is 2.08. The van der Waals surface area contributed by atoms with E-state index >= 15 is 0 Å². The van der Waals surface area contributed by atoms with Crippen LogP contribution >= 0.6 is 11.3 Å².